The molecule has 0 unspecified atom stereocenters. The number of halogens is 2. The predicted molar refractivity (Wildman–Crippen MR) is 182 cm³/mol. The Balaban J connectivity index is 1.09. The second-order valence-corrected chi connectivity index (χ2v) is 14.3. The number of likely N-dealkylation sites (tertiary alicyclic amines) is 2. The van der Waals surface area contributed by atoms with Gasteiger partial charge in [0.2, 0.25) is 0 Å². The molecule has 3 saturated heterocycles. The second-order valence-electron chi connectivity index (χ2n) is 12.6. The van der Waals surface area contributed by atoms with Gasteiger partial charge in [0, 0.05) is 83.1 Å². The average molecular weight is 763 g/mol. The molecule has 248 valence electrons. The molecule has 6 rings (SSSR count). The summed E-state index contributed by atoms with van der Waals surface area (Å²) in [6, 6.07) is 11.7. The lowest BCUT2D eigenvalue weighted by Gasteiger charge is -2.41. The number of hydrogen-bond acceptors (Lipinski definition) is 7. The van der Waals surface area contributed by atoms with E-state index in [9.17, 15) is 19.5 Å². The number of nitrogens with one attached hydrogen (secondary N) is 2. The van der Waals surface area contributed by atoms with Crippen LogP contribution >= 0.6 is 31.9 Å². The molecule has 0 radical (unpaired) electrons. The first kappa shape index (κ1) is 33.0. The largest absolute Gasteiger partial charge is 0.506 e. The Labute approximate surface area is 286 Å². The van der Waals surface area contributed by atoms with Gasteiger partial charge in [0.25, 0.3) is 5.91 Å². The van der Waals surface area contributed by atoms with Crippen LogP contribution in [0.15, 0.2) is 45.3 Å². The van der Waals surface area contributed by atoms with Gasteiger partial charge >= 0.3 is 12.1 Å². The second kappa shape index (κ2) is 14.9. The van der Waals surface area contributed by atoms with E-state index in [1.165, 1.54) is 0 Å². The molecule has 2 aromatic carbocycles. The molecule has 3 N–H and O–H groups in total. The van der Waals surface area contributed by atoms with Crippen molar-refractivity contribution in [2.45, 2.75) is 56.7 Å². The van der Waals surface area contributed by atoms with Crippen LogP contribution in [0, 0.1) is 0 Å². The summed E-state index contributed by atoms with van der Waals surface area (Å²) in [6.45, 7) is 6.78. The molecule has 13 heteroatoms. The molecule has 0 bridgehead atoms. The topological polar surface area (TPSA) is 118 Å². The maximum atomic E-state index is 13.9. The summed E-state index contributed by atoms with van der Waals surface area (Å²) in [5.74, 6) is -0.119. The van der Waals surface area contributed by atoms with Crippen molar-refractivity contribution in [3.8, 4) is 5.75 Å². The number of carbonyl (C=O) groups is 3. The maximum absolute atomic E-state index is 13.9. The third kappa shape index (κ3) is 7.64. The fourth-order valence-corrected chi connectivity index (χ4v) is 8.41. The number of nitrogens with zero attached hydrogens (tertiary/aromatic N) is 4. The third-order valence-electron chi connectivity index (χ3n) is 9.77. The minimum atomic E-state index is -1.00. The van der Waals surface area contributed by atoms with Gasteiger partial charge in [-0.15, -0.1) is 0 Å². The van der Waals surface area contributed by atoms with Gasteiger partial charge in [-0.1, -0.05) is 18.2 Å². The number of piperazine rings is 1. The number of urea groups is 1. The zero-order valence-electron chi connectivity index (χ0n) is 25.9. The number of piperidine rings is 2. The summed E-state index contributed by atoms with van der Waals surface area (Å²) >= 11 is 6.76. The first-order valence-electron chi connectivity index (χ1n) is 16.3. The fourth-order valence-electron chi connectivity index (χ4n) is 7.13. The van der Waals surface area contributed by atoms with E-state index in [1.54, 1.807) is 17.0 Å². The van der Waals surface area contributed by atoms with E-state index in [-0.39, 0.29) is 30.2 Å². The summed E-state index contributed by atoms with van der Waals surface area (Å²) in [4.78, 5) is 48.4. The third-order valence-corrected chi connectivity index (χ3v) is 11.0. The van der Waals surface area contributed by atoms with E-state index >= 15 is 0 Å². The van der Waals surface area contributed by atoms with Crippen molar-refractivity contribution in [3.05, 3.63) is 56.5 Å². The molecule has 4 aliphatic rings. The highest BCUT2D eigenvalue weighted by Gasteiger charge is 2.36. The molecule has 46 heavy (non-hydrogen) atoms. The van der Waals surface area contributed by atoms with Crippen LogP contribution in [-0.4, -0.2) is 120 Å². The van der Waals surface area contributed by atoms with Crippen LogP contribution in [0.5, 0.6) is 5.75 Å². The first-order valence-corrected chi connectivity index (χ1v) is 17.9. The zero-order chi connectivity index (χ0) is 32.2. The van der Waals surface area contributed by atoms with Crippen molar-refractivity contribution in [1.29, 1.82) is 0 Å². The summed E-state index contributed by atoms with van der Waals surface area (Å²) in [5, 5.41) is 16.7. The molecule has 0 aliphatic carbocycles. The van der Waals surface area contributed by atoms with Gasteiger partial charge in [-0.3, -0.25) is 9.69 Å². The van der Waals surface area contributed by atoms with Crippen molar-refractivity contribution < 1.29 is 24.2 Å². The number of rotatable bonds is 6. The Morgan fingerprint density at radius 1 is 0.891 bits per heavy atom. The number of phenolic OH excluding ortho intramolecular Hbond substituents is 1. The number of ether oxygens (including phenoxy) is 1. The molecule has 0 aromatic heterocycles. The number of fused-ring (bicyclic) bond motifs is 1. The summed E-state index contributed by atoms with van der Waals surface area (Å²) in [5.41, 5.74) is 2.73. The van der Waals surface area contributed by atoms with Crippen LogP contribution < -0.4 is 10.6 Å². The van der Waals surface area contributed by atoms with Gasteiger partial charge in [-0.2, -0.15) is 0 Å². The van der Waals surface area contributed by atoms with Crippen LogP contribution in [-0.2, 0) is 22.4 Å². The van der Waals surface area contributed by atoms with E-state index in [0.29, 0.717) is 60.6 Å². The molecule has 3 fully saturated rings. The molecule has 4 heterocycles. The number of carbonyl (C=O) groups excluding carboxylic acids is 3. The molecule has 0 saturated carbocycles. The highest BCUT2D eigenvalue weighted by molar-refractivity contribution is 9.11. The first-order chi connectivity index (χ1) is 22.3. The molecule has 11 nitrogen and oxygen atoms in total. The van der Waals surface area contributed by atoms with Crippen LogP contribution in [0.3, 0.4) is 0 Å². The van der Waals surface area contributed by atoms with Gasteiger partial charge in [0.15, 0.2) is 6.10 Å². The fraction of sp³-hybridized carbons (Fsp3) is 0.545. The quantitative estimate of drug-likeness (QED) is 0.400. The highest BCUT2D eigenvalue weighted by atomic mass is 79.9. The van der Waals surface area contributed by atoms with Crippen LogP contribution in [0.1, 0.15) is 36.8 Å². The lowest BCUT2D eigenvalue weighted by atomic mass is 10.0. The Bertz CT molecular complexity index is 1400. The van der Waals surface area contributed by atoms with Gasteiger partial charge < -0.3 is 35.2 Å². The van der Waals surface area contributed by atoms with Gasteiger partial charge in [-0.25, -0.2) is 9.59 Å². The molecule has 4 aliphatic heterocycles. The molecular formula is C33H42Br2N6O5. The predicted octanol–water partition coefficient (Wildman–Crippen LogP) is 4.42. The molecule has 4 amide bonds. The lowest BCUT2D eigenvalue weighted by molar-refractivity contribution is -0.142. The van der Waals surface area contributed by atoms with Crippen molar-refractivity contribution in [2.75, 3.05) is 64.2 Å². The van der Waals surface area contributed by atoms with E-state index in [1.807, 2.05) is 34.1 Å². The molecule has 0 spiro atoms. The van der Waals surface area contributed by atoms with Crippen molar-refractivity contribution in [3.63, 3.8) is 0 Å². The Hall–Kier alpha value is -2.87. The van der Waals surface area contributed by atoms with E-state index in [2.05, 4.69) is 47.4 Å². The Kier molecular flexibility index (Phi) is 10.7. The number of aromatic hydroxyl groups is 1. The number of hydrogen-bond donors (Lipinski definition) is 3. The standard InChI is InChI=1S/C33H42Br2N6O5/c34-26-19-22(20-27(35)30(26)42)21-29(31(43)39-12-6-24(7-13-39)38-17-10-36-11-18-38)46-33(45)40-14-8-25(9-15-40)41-16-5-23-3-1-2-4-28(23)37-32(41)44/h1-4,19-20,24-25,29,36,42H,5-18,21H2,(H,37,44)/t29-/m0/s1. The zero-order valence-corrected chi connectivity index (χ0v) is 29.1. The van der Waals surface area contributed by atoms with Crippen LogP contribution in [0.25, 0.3) is 0 Å². The van der Waals surface area contributed by atoms with Gasteiger partial charge in [0.1, 0.15) is 5.75 Å². The summed E-state index contributed by atoms with van der Waals surface area (Å²) < 4.78 is 7.01. The smallest absolute Gasteiger partial charge is 0.410 e. The number of anilines is 1. The molecular weight excluding hydrogens is 720 g/mol. The van der Waals surface area contributed by atoms with Crippen molar-refractivity contribution in [1.82, 2.24) is 24.9 Å². The SMILES string of the molecule is O=C(O[C@@H](Cc1cc(Br)c(O)c(Br)c1)C(=O)N1CCC(N2CCNCC2)CC1)N1CCC(N2CCc3ccccc3NC2=O)CC1. The number of benzene rings is 2. The highest BCUT2D eigenvalue weighted by Crippen LogP contribution is 2.34. The monoisotopic (exact) mass is 760 g/mol. The van der Waals surface area contributed by atoms with E-state index in [4.69, 9.17) is 4.74 Å². The van der Waals surface area contributed by atoms with Crippen LogP contribution in [0.4, 0.5) is 15.3 Å². The number of amides is 4. The van der Waals surface area contributed by atoms with Crippen LogP contribution in [0.2, 0.25) is 0 Å². The minimum Gasteiger partial charge on any atom is -0.506 e. The molecule has 2 aromatic rings. The molecule has 1 atom stereocenters. The number of phenols is 1. The maximum Gasteiger partial charge on any atom is 0.410 e. The van der Waals surface area contributed by atoms with Crippen molar-refractivity contribution in [2.24, 2.45) is 0 Å². The van der Waals surface area contributed by atoms with E-state index < -0.39 is 12.2 Å². The van der Waals surface area contributed by atoms with Gasteiger partial charge in [0.05, 0.1) is 8.95 Å². The normalized spacial score (nSPS) is 20.9. The minimum absolute atomic E-state index is 0.0134. The summed E-state index contributed by atoms with van der Waals surface area (Å²) in [7, 11) is 0. The average Bonchev–Trinajstić information content (AvgIpc) is 3.25. The Morgan fingerprint density at radius 2 is 1.52 bits per heavy atom. The van der Waals surface area contributed by atoms with E-state index in [0.717, 1.165) is 62.3 Å². The number of para-hydroxylation sites is 1. The summed E-state index contributed by atoms with van der Waals surface area (Å²) in [6.07, 6.45) is 2.50. The Morgan fingerprint density at radius 3 is 2.22 bits per heavy atom. The lowest BCUT2D eigenvalue weighted by Crippen LogP contribution is -2.54. The van der Waals surface area contributed by atoms with Crippen molar-refractivity contribution >= 4 is 55.6 Å². The van der Waals surface area contributed by atoms with Gasteiger partial charge in [-0.05, 0) is 93.3 Å².